The first-order chi connectivity index (χ1) is 3.73. The van der Waals surface area contributed by atoms with E-state index in [1.807, 2.05) is 0 Å². The molecule has 42 valence electrons. The molecule has 0 aromatic heterocycles. The Labute approximate surface area is 127 Å². The molecule has 0 saturated heterocycles. The molecule has 2 radical (unpaired) electrons. The summed E-state index contributed by atoms with van der Waals surface area (Å²) in [6, 6.07) is 0. The van der Waals surface area contributed by atoms with Gasteiger partial charge in [0.15, 0.2) is 0 Å². The van der Waals surface area contributed by atoms with Crippen molar-refractivity contribution in [2.24, 2.45) is 0 Å². The third kappa shape index (κ3) is 159. The van der Waals surface area contributed by atoms with Crippen molar-refractivity contribution in [3.8, 4) is 0 Å². The van der Waals surface area contributed by atoms with E-state index in [4.69, 9.17) is 21.4 Å². The average Bonchev–Trinajstić information content (AvgIpc) is 1.75. The second kappa shape index (κ2) is 42.3. The fourth-order valence-electron chi connectivity index (χ4n) is 0. The van der Waals surface area contributed by atoms with E-state index >= 15 is 0 Å². The van der Waals surface area contributed by atoms with Crippen LogP contribution in [0.25, 0.3) is 0 Å². The van der Waals surface area contributed by atoms with Crippen LogP contribution in [0.3, 0.4) is 0 Å². The molecule has 0 fully saturated rings. The summed E-state index contributed by atoms with van der Waals surface area (Å²) in [4.78, 5) is 8.56. The Morgan fingerprint density at radius 3 is 0.900 bits per heavy atom. The van der Waals surface area contributed by atoms with Gasteiger partial charge in [-0.2, -0.15) is 0 Å². The summed E-state index contributed by atoms with van der Waals surface area (Å²) in [5, 5.41) is 13.9. The normalized spacial score (nSPS) is 3.60. The zero-order valence-electron chi connectivity index (χ0n) is 6.03. The molecular formula is CH2Mg2Na2O5. The molecule has 0 rings (SSSR count). The predicted octanol–water partition coefficient (Wildman–Crippen LogP) is -1.54. The fraction of sp³-hybridized carbons (Fsp3) is 0. The Balaban J connectivity index is -0.0000000125. The van der Waals surface area contributed by atoms with Crippen LogP contribution in [0.1, 0.15) is 0 Å². The van der Waals surface area contributed by atoms with Crippen LogP contribution < -0.4 is 0 Å². The second-order valence-corrected chi connectivity index (χ2v) is 0.283. The minimum absolute atomic E-state index is 0. The molecular weight excluding hydrogens is 187 g/mol. The number of carbonyl (C=O) groups is 1. The van der Waals surface area contributed by atoms with Gasteiger partial charge < -0.3 is 10.2 Å². The van der Waals surface area contributed by atoms with Crippen LogP contribution >= 0.6 is 0 Å². The molecule has 0 aromatic rings. The number of hydrogen-bond acceptors (Lipinski definition) is 3. The van der Waals surface area contributed by atoms with Gasteiger partial charge in [0.05, 0.1) is 0 Å². The molecule has 0 aliphatic carbocycles. The molecule has 0 bridgehead atoms. The fourth-order valence-corrected chi connectivity index (χ4v) is 0. The number of carboxylic acid groups (broad SMARTS) is 2. The van der Waals surface area contributed by atoms with E-state index in [0.29, 0.717) is 43.4 Å². The van der Waals surface area contributed by atoms with E-state index < -0.39 is 6.16 Å². The quantitative estimate of drug-likeness (QED) is 0.450. The number of hydrogen-bond donors (Lipinski definition) is 2. The summed E-state index contributed by atoms with van der Waals surface area (Å²) >= 11 is 1.22. The first kappa shape index (κ1) is 29.4. The van der Waals surface area contributed by atoms with Crippen LogP contribution in [0.5, 0.6) is 0 Å². The van der Waals surface area contributed by atoms with Crippen molar-refractivity contribution in [3.63, 3.8) is 0 Å². The molecule has 0 saturated carbocycles. The van der Waals surface area contributed by atoms with E-state index in [9.17, 15) is 0 Å². The van der Waals surface area contributed by atoms with Crippen molar-refractivity contribution in [2.75, 3.05) is 0 Å². The Morgan fingerprint density at radius 2 is 0.900 bits per heavy atom. The molecule has 0 spiro atoms. The van der Waals surface area contributed by atoms with Gasteiger partial charge in [-0.1, -0.05) is 0 Å². The summed E-state index contributed by atoms with van der Waals surface area (Å²) in [5.41, 5.74) is 0. The SMILES string of the molecule is O=C(O)O.[Na].[Na].[O]=[Mg].[O]=[Mg]. The van der Waals surface area contributed by atoms with Crippen LogP contribution in [0.4, 0.5) is 4.79 Å². The van der Waals surface area contributed by atoms with Crippen molar-refractivity contribution in [3.05, 3.63) is 0 Å². The van der Waals surface area contributed by atoms with Gasteiger partial charge in [0.25, 0.3) is 0 Å². The van der Waals surface area contributed by atoms with Gasteiger partial charge in [-0.15, -0.1) is 0 Å². The van der Waals surface area contributed by atoms with Gasteiger partial charge >= 0.3 is 55.9 Å². The molecule has 0 atom stereocenters. The van der Waals surface area contributed by atoms with Crippen molar-refractivity contribution in [2.45, 2.75) is 0 Å². The Morgan fingerprint density at radius 1 is 0.900 bits per heavy atom. The summed E-state index contributed by atoms with van der Waals surface area (Å²) < 4.78 is 16.6. The molecule has 9 heteroatoms. The van der Waals surface area contributed by atoms with Gasteiger partial charge in [0.2, 0.25) is 0 Å². The maximum absolute atomic E-state index is 8.56. The van der Waals surface area contributed by atoms with E-state index in [-0.39, 0.29) is 59.1 Å². The topological polar surface area (TPSA) is 91.7 Å². The predicted molar refractivity (Wildman–Crippen MR) is 35.0 cm³/mol. The summed E-state index contributed by atoms with van der Waals surface area (Å²) in [5.74, 6) is 0. The third-order valence-corrected chi connectivity index (χ3v) is 0. The van der Waals surface area contributed by atoms with E-state index in [1.165, 1.54) is 0 Å². The molecule has 0 heterocycles. The molecule has 0 amide bonds. The summed E-state index contributed by atoms with van der Waals surface area (Å²) in [6.45, 7) is 0. The van der Waals surface area contributed by atoms with Crippen molar-refractivity contribution < 1.29 is 21.4 Å². The van der Waals surface area contributed by atoms with Crippen molar-refractivity contribution in [1.29, 1.82) is 0 Å². The Bertz CT molecular complexity index is 55.6. The summed E-state index contributed by atoms with van der Waals surface area (Å²) in [6.07, 6.45) is -1.83. The van der Waals surface area contributed by atoms with E-state index in [1.54, 1.807) is 0 Å². The van der Waals surface area contributed by atoms with Crippen LogP contribution in [0.2, 0.25) is 0 Å². The van der Waals surface area contributed by atoms with Crippen LogP contribution in [0, 0.1) is 0 Å². The van der Waals surface area contributed by atoms with E-state index in [0.717, 1.165) is 0 Å². The van der Waals surface area contributed by atoms with Crippen molar-refractivity contribution in [1.82, 2.24) is 0 Å². The Kier molecular flexibility index (Phi) is 124. The molecule has 0 unspecified atom stereocenters. The molecule has 10 heavy (non-hydrogen) atoms. The molecule has 0 aliphatic heterocycles. The van der Waals surface area contributed by atoms with Gasteiger partial charge in [-0.25, -0.2) is 4.79 Å². The van der Waals surface area contributed by atoms with Crippen molar-refractivity contribution >= 4 is 109 Å². The molecule has 2 N–H and O–H groups in total. The first-order valence-corrected chi connectivity index (χ1v) is 2.38. The van der Waals surface area contributed by atoms with Gasteiger partial charge in [-0.05, 0) is 0 Å². The standard InChI is InChI=1S/CH2O3.2Mg.2Na.2O/c2-1(3)4;;;;;;/h(H2,2,3,4);;;;;;. The van der Waals surface area contributed by atoms with Crippen LogP contribution in [-0.2, 0) is 6.35 Å². The molecule has 5 nitrogen and oxygen atoms in total. The van der Waals surface area contributed by atoms with Gasteiger partial charge in [-0.3, -0.25) is 0 Å². The molecule has 0 aromatic carbocycles. The van der Waals surface area contributed by atoms with E-state index in [2.05, 4.69) is 0 Å². The third-order valence-electron chi connectivity index (χ3n) is 0. The zero-order valence-corrected chi connectivity index (χ0v) is 12.9. The average molecular weight is 189 g/mol. The zero-order chi connectivity index (χ0) is 7.58. The van der Waals surface area contributed by atoms with Crippen LogP contribution in [0.15, 0.2) is 0 Å². The maximum atomic E-state index is 8.56. The molecule has 0 aliphatic rings. The van der Waals surface area contributed by atoms with Gasteiger partial charge in [0, 0.05) is 59.1 Å². The monoisotopic (exact) mass is 188 g/mol. The van der Waals surface area contributed by atoms with Crippen LogP contribution in [-0.4, -0.2) is 119 Å². The first-order valence-electron chi connectivity index (χ1n) is 1.23. The minimum atomic E-state index is -1.83. The second-order valence-electron chi connectivity index (χ2n) is 0.283. The summed E-state index contributed by atoms with van der Waals surface area (Å²) in [7, 11) is 0. The Hall–Kier alpha value is 2.40. The number of rotatable bonds is 0. The van der Waals surface area contributed by atoms with Gasteiger partial charge in [0.1, 0.15) is 0 Å².